The van der Waals surface area contributed by atoms with E-state index in [0.717, 1.165) is 12.1 Å². The summed E-state index contributed by atoms with van der Waals surface area (Å²) in [6.07, 6.45) is -5.48. The molecule has 0 saturated carbocycles. The number of alkyl halides is 3. The number of H-pyrrole nitrogens is 1. The molecule has 3 N–H and O–H groups in total. The number of fused-ring (bicyclic) bond motifs is 1. The van der Waals surface area contributed by atoms with E-state index in [1.165, 1.54) is 30.3 Å². The number of aromatic nitrogens is 2. The van der Waals surface area contributed by atoms with Crippen molar-refractivity contribution in [2.75, 3.05) is 5.32 Å². The van der Waals surface area contributed by atoms with Gasteiger partial charge in [0, 0.05) is 5.02 Å². The number of amides is 2. The van der Waals surface area contributed by atoms with Crippen LogP contribution in [-0.2, 0) is 10.3 Å². The molecule has 1 aliphatic rings. The van der Waals surface area contributed by atoms with Crippen molar-refractivity contribution in [3.8, 4) is 5.69 Å². The minimum atomic E-state index is -5.48. The first-order chi connectivity index (χ1) is 15.5. The number of carbonyl (C=O) groups is 2. The fourth-order valence-electron chi connectivity index (χ4n) is 3.51. The summed E-state index contributed by atoms with van der Waals surface area (Å²) in [6, 6.07) is 10.8. The maximum absolute atomic E-state index is 14.4. The van der Waals surface area contributed by atoms with Crippen molar-refractivity contribution in [2.45, 2.75) is 11.7 Å². The van der Waals surface area contributed by atoms with Gasteiger partial charge in [-0.2, -0.15) is 13.2 Å². The number of benzene rings is 2. The van der Waals surface area contributed by atoms with E-state index < -0.39 is 51.7 Å². The Hall–Kier alpha value is -3.57. The van der Waals surface area contributed by atoms with Crippen LogP contribution in [0.1, 0.15) is 15.9 Å². The largest absolute Gasteiger partial charge is 0.425 e. The van der Waals surface area contributed by atoms with Gasteiger partial charge in [0.1, 0.15) is 11.4 Å². The van der Waals surface area contributed by atoms with Crippen molar-refractivity contribution < 1.29 is 22.8 Å². The highest BCUT2D eigenvalue weighted by molar-refractivity contribution is 6.36. The number of halogens is 5. The highest BCUT2D eigenvalue weighted by atomic mass is 35.5. The molecule has 13 heteroatoms. The molecule has 0 radical (unpaired) electrons. The highest BCUT2D eigenvalue weighted by Crippen LogP contribution is 2.45. The molecule has 0 bridgehead atoms. The number of nitrogens with zero attached hydrogens (tertiary/aromatic N) is 1. The molecule has 2 aromatic carbocycles. The first-order valence-corrected chi connectivity index (χ1v) is 9.84. The summed E-state index contributed by atoms with van der Waals surface area (Å²) in [6.45, 7) is 0. The van der Waals surface area contributed by atoms with Gasteiger partial charge in [-0.25, -0.2) is 9.36 Å². The second-order valence-electron chi connectivity index (χ2n) is 6.93. The van der Waals surface area contributed by atoms with Crippen LogP contribution in [0.4, 0.5) is 19.0 Å². The lowest BCUT2D eigenvalue weighted by atomic mass is 9.91. The quantitative estimate of drug-likeness (QED) is 0.515. The van der Waals surface area contributed by atoms with Crippen molar-refractivity contribution >= 4 is 40.8 Å². The predicted molar refractivity (Wildman–Crippen MR) is 113 cm³/mol. The molecule has 0 fully saturated rings. The molecule has 0 unspecified atom stereocenters. The Labute approximate surface area is 191 Å². The van der Waals surface area contributed by atoms with Crippen LogP contribution in [0, 0.1) is 0 Å². The maximum Gasteiger partial charge on any atom is 0.425 e. The second kappa shape index (κ2) is 7.78. The van der Waals surface area contributed by atoms with Crippen LogP contribution in [-0.4, -0.2) is 27.5 Å². The number of nitrogens with one attached hydrogen (secondary N) is 3. The monoisotopic (exact) mass is 498 g/mol. The van der Waals surface area contributed by atoms with Gasteiger partial charge in [0.15, 0.2) is 0 Å². The molecule has 0 aliphatic carbocycles. The van der Waals surface area contributed by atoms with Gasteiger partial charge in [0.25, 0.3) is 22.9 Å². The van der Waals surface area contributed by atoms with Gasteiger partial charge in [-0.15, -0.1) is 0 Å². The third kappa shape index (κ3) is 3.49. The molecule has 33 heavy (non-hydrogen) atoms. The summed E-state index contributed by atoms with van der Waals surface area (Å²) in [5.74, 6) is -3.89. The average molecular weight is 499 g/mol. The van der Waals surface area contributed by atoms with Crippen LogP contribution < -0.4 is 21.9 Å². The Bertz CT molecular complexity index is 1420. The maximum atomic E-state index is 14.4. The van der Waals surface area contributed by atoms with Gasteiger partial charge in [0.05, 0.1) is 16.3 Å². The van der Waals surface area contributed by atoms with Crippen LogP contribution >= 0.6 is 23.2 Å². The number of rotatable bonds is 3. The zero-order chi connectivity index (χ0) is 24.1. The Kier molecular flexibility index (Phi) is 5.33. The lowest BCUT2D eigenvalue weighted by molar-refractivity contribution is -0.196. The van der Waals surface area contributed by atoms with Crippen molar-refractivity contribution in [2.24, 2.45) is 0 Å². The molecule has 3 aromatic rings. The van der Waals surface area contributed by atoms with Crippen molar-refractivity contribution in [1.82, 2.24) is 14.9 Å². The summed E-state index contributed by atoms with van der Waals surface area (Å²) in [7, 11) is 0. The van der Waals surface area contributed by atoms with E-state index in [2.05, 4.69) is 0 Å². The molecule has 1 aliphatic heterocycles. The molecule has 170 valence electrons. The van der Waals surface area contributed by atoms with Crippen molar-refractivity contribution in [3.05, 3.63) is 90.5 Å². The number of hydrogen-bond acceptors (Lipinski definition) is 4. The zero-order valence-corrected chi connectivity index (χ0v) is 17.6. The highest BCUT2D eigenvalue weighted by Gasteiger charge is 2.68. The Morgan fingerprint density at radius 1 is 1.03 bits per heavy atom. The average Bonchev–Trinajstić information content (AvgIpc) is 3.01. The Morgan fingerprint density at radius 2 is 1.70 bits per heavy atom. The molecule has 0 spiro atoms. The number of anilines is 1. The Balaban J connectivity index is 1.97. The first kappa shape index (κ1) is 22.6. The van der Waals surface area contributed by atoms with E-state index in [1.54, 1.807) is 16.4 Å². The molecule has 2 amide bonds. The van der Waals surface area contributed by atoms with Crippen LogP contribution in [0.2, 0.25) is 10.0 Å². The number of aromatic amines is 1. The van der Waals surface area contributed by atoms with Crippen LogP contribution in [0.5, 0.6) is 0 Å². The van der Waals surface area contributed by atoms with Gasteiger partial charge in [-0.3, -0.25) is 19.4 Å². The summed E-state index contributed by atoms with van der Waals surface area (Å²) in [4.78, 5) is 52.4. The smallest absolute Gasteiger partial charge is 0.326 e. The van der Waals surface area contributed by atoms with E-state index in [9.17, 15) is 32.3 Å². The molecule has 0 saturated heterocycles. The van der Waals surface area contributed by atoms with Gasteiger partial charge < -0.3 is 10.6 Å². The lowest BCUT2D eigenvalue weighted by Gasteiger charge is -2.30. The first-order valence-electron chi connectivity index (χ1n) is 9.08. The van der Waals surface area contributed by atoms with E-state index in [-0.39, 0.29) is 15.7 Å². The summed E-state index contributed by atoms with van der Waals surface area (Å²) in [5.41, 5.74) is -7.93. The van der Waals surface area contributed by atoms with Gasteiger partial charge in [-0.1, -0.05) is 41.4 Å². The van der Waals surface area contributed by atoms with E-state index in [1.807, 2.05) is 5.32 Å². The lowest BCUT2D eigenvalue weighted by Crippen LogP contribution is -2.62. The minimum absolute atomic E-state index is 0.0698. The second-order valence-corrected chi connectivity index (χ2v) is 7.78. The number of carbonyl (C=O) groups excluding carboxylic acids is 2. The SMILES string of the molecule is O=C(N[C@]1(C(F)(F)F)C(=O)Nc2c1c(=O)[nH]c(=O)n2-c1ccccc1)c1ccc(Cl)cc1Cl. The fraction of sp³-hybridized carbons (Fsp3) is 0.100. The number of para-hydroxylation sites is 1. The molecular weight excluding hydrogens is 488 g/mol. The zero-order valence-electron chi connectivity index (χ0n) is 16.1. The fourth-order valence-corrected chi connectivity index (χ4v) is 4.01. The molecular formula is C20H11Cl2F3N4O4. The summed E-state index contributed by atoms with van der Waals surface area (Å²) in [5, 5.41) is 3.40. The third-order valence-electron chi connectivity index (χ3n) is 4.97. The van der Waals surface area contributed by atoms with Gasteiger partial charge in [-0.05, 0) is 30.3 Å². The Morgan fingerprint density at radius 3 is 2.30 bits per heavy atom. The number of hydrogen-bond donors (Lipinski definition) is 3. The molecule has 1 atom stereocenters. The van der Waals surface area contributed by atoms with Gasteiger partial charge >= 0.3 is 11.9 Å². The molecule has 1 aromatic heterocycles. The van der Waals surface area contributed by atoms with Gasteiger partial charge in [0.2, 0.25) is 0 Å². The van der Waals surface area contributed by atoms with Crippen molar-refractivity contribution in [1.29, 1.82) is 0 Å². The normalized spacial score (nSPS) is 17.4. The van der Waals surface area contributed by atoms with E-state index in [0.29, 0.717) is 4.57 Å². The summed E-state index contributed by atoms with van der Waals surface area (Å²) >= 11 is 11.7. The van der Waals surface area contributed by atoms with E-state index >= 15 is 0 Å². The topological polar surface area (TPSA) is 113 Å². The van der Waals surface area contributed by atoms with Crippen LogP contribution in [0.3, 0.4) is 0 Å². The van der Waals surface area contributed by atoms with Crippen LogP contribution in [0.15, 0.2) is 58.1 Å². The molecule has 8 nitrogen and oxygen atoms in total. The standard InChI is InChI=1S/C20H11Cl2F3N4O4/c21-9-6-7-11(12(22)8-9)15(30)28-19(20(23,24)25)13-14(26-17(19)32)29(18(33)27-16(13)31)10-4-2-1-3-5-10/h1-8H,(H,26,32)(H,28,30)(H,27,31,33)/t19-/m0/s1. The third-order valence-corrected chi connectivity index (χ3v) is 5.52. The summed E-state index contributed by atoms with van der Waals surface area (Å²) < 4.78 is 44.0. The van der Waals surface area contributed by atoms with E-state index in [4.69, 9.17) is 23.2 Å². The molecule has 2 heterocycles. The van der Waals surface area contributed by atoms with Crippen molar-refractivity contribution in [3.63, 3.8) is 0 Å². The molecule has 4 rings (SSSR count). The van der Waals surface area contributed by atoms with Crippen LogP contribution in [0.25, 0.3) is 5.69 Å². The minimum Gasteiger partial charge on any atom is -0.326 e. The predicted octanol–water partition coefficient (Wildman–Crippen LogP) is 2.97.